The van der Waals surface area contributed by atoms with E-state index in [4.69, 9.17) is 5.73 Å². The highest BCUT2D eigenvalue weighted by Gasteiger charge is 2.31. The molecule has 0 aliphatic carbocycles. The van der Waals surface area contributed by atoms with E-state index < -0.39 is 11.7 Å². The molecule has 0 aliphatic rings. The van der Waals surface area contributed by atoms with Crippen LogP contribution in [0.4, 0.5) is 13.2 Å². The molecule has 0 radical (unpaired) electrons. The van der Waals surface area contributed by atoms with Gasteiger partial charge in [0.05, 0.1) is 5.56 Å². The van der Waals surface area contributed by atoms with Crippen LogP contribution in [-0.2, 0) is 12.7 Å². The number of benzene rings is 1. The van der Waals surface area contributed by atoms with Gasteiger partial charge in [0.1, 0.15) is 0 Å². The standard InChI is InChI=1S/C10H9F3N2/c11-10(12,13)7-3-6(5-14)8-1-2-15-9(8)4-7/h1-4,15H,5,14H2. The molecule has 80 valence electrons. The predicted molar refractivity (Wildman–Crippen MR) is 51.2 cm³/mol. The van der Waals surface area contributed by atoms with E-state index in [1.165, 1.54) is 0 Å². The molecule has 0 atom stereocenters. The summed E-state index contributed by atoms with van der Waals surface area (Å²) in [4.78, 5) is 2.75. The molecule has 0 spiro atoms. The van der Waals surface area contributed by atoms with E-state index in [9.17, 15) is 13.2 Å². The van der Waals surface area contributed by atoms with Crippen molar-refractivity contribution in [1.29, 1.82) is 0 Å². The molecule has 1 aromatic heterocycles. The molecule has 1 heterocycles. The van der Waals surface area contributed by atoms with Gasteiger partial charge in [0.2, 0.25) is 0 Å². The minimum atomic E-state index is -4.33. The van der Waals surface area contributed by atoms with Gasteiger partial charge < -0.3 is 10.7 Å². The first kappa shape index (κ1) is 10.0. The quantitative estimate of drug-likeness (QED) is 0.752. The van der Waals surface area contributed by atoms with E-state index in [1.807, 2.05) is 0 Å². The highest BCUT2D eigenvalue weighted by atomic mass is 19.4. The van der Waals surface area contributed by atoms with Gasteiger partial charge in [-0.25, -0.2) is 0 Å². The van der Waals surface area contributed by atoms with Crippen LogP contribution < -0.4 is 5.73 Å². The third kappa shape index (κ3) is 1.70. The molecule has 15 heavy (non-hydrogen) atoms. The van der Waals surface area contributed by atoms with Crippen molar-refractivity contribution in [3.05, 3.63) is 35.5 Å². The number of aromatic amines is 1. The number of H-pyrrole nitrogens is 1. The SMILES string of the molecule is NCc1cc(C(F)(F)F)cc2[nH]ccc12. The average Bonchev–Trinajstić information content (AvgIpc) is 2.62. The van der Waals surface area contributed by atoms with Gasteiger partial charge in [-0.3, -0.25) is 0 Å². The third-order valence-electron chi connectivity index (χ3n) is 2.30. The number of fused-ring (bicyclic) bond motifs is 1. The number of nitrogens with two attached hydrogens (primary N) is 1. The molecule has 0 saturated carbocycles. The van der Waals surface area contributed by atoms with Crippen LogP contribution in [0.1, 0.15) is 11.1 Å². The number of halogens is 3. The zero-order valence-electron chi connectivity index (χ0n) is 7.73. The van der Waals surface area contributed by atoms with Crippen molar-refractivity contribution >= 4 is 10.9 Å². The first-order valence-corrected chi connectivity index (χ1v) is 4.39. The van der Waals surface area contributed by atoms with Crippen LogP contribution >= 0.6 is 0 Å². The van der Waals surface area contributed by atoms with Crippen LogP contribution in [0.5, 0.6) is 0 Å². The highest BCUT2D eigenvalue weighted by molar-refractivity contribution is 5.83. The van der Waals surface area contributed by atoms with Gasteiger partial charge >= 0.3 is 6.18 Å². The van der Waals surface area contributed by atoms with E-state index in [0.717, 1.165) is 17.5 Å². The molecule has 0 bridgehead atoms. The average molecular weight is 214 g/mol. The van der Waals surface area contributed by atoms with Gasteiger partial charge in [-0.15, -0.1) is 0 Å². The Morgan fingerprint density at radius 2 is 2.00 bits per heavy atom. The summed E-state index contributed by atoms with van der Waals surface area (Å²) in [5.41, 5.74) is 5.70. The Balaban J connectivity index is 2.69. The summed E-state index contributed by atoms with van der Waals surface area (Å²) in [6, 6.07) is 3.91. The van der Waals surface area contributed by atoms with Gasteiger partial charge in [0.25, 0.3) is 0 Å². The van der Waals surface area contributed by atoms with Crippen molar-refractivity contribution in [1.82, 2.24) is 4.98 Å². The summed E-state index contributed by atoms with van der Waals surface area (Å²) in [5, 5.41) is 0.741. The smallest absolute Gasteiger partial charge is 0.361 e. The second-order valence-corrected chi connectivity index (χ2v) is 3.28. The van der Waals surface area contributed by atoms with Crippen molar-refractivity contribution in [2.24, 2.45) is 5.73 Å². The zero-order chi connectivity index (χ0) is 11.1. The molecule has 1 aromatic carbocycles. The molecular weight excluding hydrogens is 205 g/mol. The third-order valence-corrected chi connectivity index (χ3v) is 2.30. The molecule has 2 rings (SSSR count). The predicted octanol–water partition coefficient (Wildman–Crippen LogP) is 2.65. The monoisotopic (exact) mass is 214 g/mol. The summed E-state index contributed by atoms with van der Waals surface area (Å²) in [7, 11) is 0. The van der Waals surface area contributed by atoms with E-state index in [1.54, 1.807) is 12.3 Å². The number of rotatable bonds is 1. The normalized spacial score (nSPS) is 12.3. The molecule has 2 aromatic rings. The largest absolute Gasteiger partial charge is 0.416 e. The Bertz CT molecular complexity index is 485. The minimum Gasteiger partial charge on any atom is -0.361 e. The molecule has 0 fully saturated rings. The summed E-state index contributed by atoms with van der Waals surface area (Å²) >= 11 is 0. The number of hydrogen-bond acceptors (Lipinski definition) is 1. The number of hydrogen-bond donors (Lipinski definition) is 2. The zero-order valence-corrected chi connectivity index (χ0v) is 7.73. The highest BCUT2D eigenvalue weighted by Crippen LogP contribution is 2.32. The second kappa shape index (κ2) is 3.27. The molecule has 3 N–H and O–H groups in total. The van der Waals surface area contributed by atoms with Gasteiger partial charge in [0.15, 0.2) is 0 Å². The maximum absolute atomic E-state index is 12.5. The summed E-state index contributed by atoms with van der Waals surface area (Å²) in [6.45, 7) is 0.0955. The van der Waals surface area contributed by atoms with Crippen molar-refractivity contribution in [2.75, 3.05) is 0 Å². The molecule has 0 aliphatic heterocycles. The lowest BCUT2D eigenvalue weighted by Gasteiger charge is -2.09. The van der Waals surface area contributed by atoms with Gasteiger partial charge in [-0.2, -0.15) is 13.2 Å². The molecule has 5 heteroatoms. The fraction of sp³-hybridized carbons (Fsp3) is 0.200. The molecule has 0 amide bonds. The van der Waals surface area contributed by atoms with Crippen molar-refractivity contribution in [2.45, 2.75) is 12.7 Å². The minimum absolute atomic E-state index is 0.0955. The maximum atomic E-state index is 12.5. The van der Waals surface area contributed by atoms with Crippen molar-refractivity contribution < 1.29 is 13.2 Å². The Kier molecular flexibility index (Phi) is 2.19. The summed E-state index contributed by atoms with van der Waals surface area (Å²) in [5.74, 6) is 0. The van der Waals surface area contributed by atoms with Crippen LogP contribution in [0, 0.1) is 0 Å². The van der Waals surface area contributed by atoms with Gasteiger partial charge in [-0.1, -0.05) is 0 Å². The van der Waals surface area contributed by atoms with Gasteiger partial charge in [0, 0.05) is 23.6 Å². The Hall–Kier alpha value is -1.49. The van der Waals surface area contributed by atoms with Crippen LogP contribution in [0.2, 0.25) is 0 Å². The first-order chi connectivity index (χ1) is 7.02. The lowest BCUT2D eigenvalue weighted by Crippen LogP contribution is -2.07. The Morgan fingerprint density at radius 3 is 2.60 bits per heavy atom. The Labute approximate surface area is 83.9 Å². The van der Waals surface area contributed by atoms with Crippen molar-refractivity contribution in [3.63, 3.8) is 0 Å². The van der Waals surface area contributed by atoms with Gasteiger partial charge in [-0.05, 0) is 23.8 Å². The summed E-state index contributed by atoms with van der Waals surface area (Å²) in [6.07, 6.45) is -2.73. The maximum Gasteiger partial charge on any atom is 0.416 e. The van der Waals surface area contributed by atoms with E-state index in [2.05, 4.69) is 4.98 Å². The van der Waals surface area contributed by atoms with Crippen LogP contribution in [0.15, 0.2) is 24.4 Å². The molecular formula is C10H9F3N2. The molecule has 0 saturated heterocycles. The number of aromatic nitrogens is 1. The fourth-order valence-electron chi connectivity index (χ4n) is 1.58. The molecule has 0 unspecified atom stereocenters. The van der Waals surface area contributed by atoms with E-state index >= 15 is 0 Å². The number of alkyl halides is 3. The second-order valence-electron chi connectivity index (χ2n) is 3.28. The van der Waals surface area contributed by atoms with E-state index in [0.29, 0.717) is 11.1 Å². The van der Waals surface area contributed by atoms with Crippen molar-refractivity contribution in [3.8, 4) is 0 Å². The first-order valence-electron chi connectivity index (χ1n) is 4.39. The number of nitrogens with one attached hydrogen (secondary N) is 1. The topological polar surface area (TPSA) is 41.8 Å². The van der Waals surface area contributed by atoms with E-state index in [-0.39, 0.29) is 6.54 Å². The van der Waals surface area contributed by atoms with Crippen LogP contribution in [0.25, 0.3) is 10.9 Å². The molecule has 2 nitrogen and oxygen atoms in total. The van der Waals surface area contributed by atoms with Crippen LogP contribution in [-0.4, -0.2) is 4.98 Å². The lowest BCUT2D eigenvalue weighted by molar-refractivity contribution is -0.137. The summed E-state index contributed by atoms with van der Waals surface area (Å²) < 4.78 is 37.5. The lowest BCUT2D eigenvalue weighted by atomic mass is 10.1. The Morgan fingerprint density at radius 1 is 1.27 bits per heavy atom. The fourth-order valence-corrected chi connectivity index (χ4v) is 1.58. The van der Waals surface area contributed by atoms with Crippen LogP contribution in [0.3, 0.4) is 0 Å².